The maximum absolute atomic E-state index is 10.6. The predicted octanol–water partition coefficient (Wildman–Crippen LogP) is 2.54. The first-order valence-electron chi connectivity index (χ1n) is 7.27. The summed E-state index contributed by atoms with van der Waals surface area (Å²) in [5, 5.41) is 20.8. The van der Waals surface area contributed by atoms with Crippen molar-refractivity contribution in [1.29, 1.82) is 0 Å². The molecule has 164 valence electrons. The van der Waals surface area contributed by atoms with Crippen molar-refractivity contribution in [2.75, 3.05) is 0 Å². The molecule has 0 saturated heterocycles. The molecule has 0 amide bonds. The third-order valence-corrected chi connectivity index (χ3v) is 5.96. The monoisotopic (exact) mass is 540 g/mol. The fourth-order valence-electron chi connectivity index (χ4n) is 1.95. The minimum atomic E-state index is -4.74. The fourth-order valence-corrected chi connectivity index (χ4v) is 3.54. The van der Waals surface area contributed by atoms with Gasteiger partial charge in [0.05, 0.1) is 29.7 Å². The van der Waals surface area contributed by atoms with Gasteiger partial charge in [-0.05, 0) is 26.0 Å². The molecule has 0 radical (unpaired) electrons. The van der Waals surface area contributed by atoms with Gasteiger partial charge >= 0.3 is 37.7 Å². The van der Waals surface area contributed by atoms with Gasteiger partial charge in [-0.1, -0.05) is 23.2 Å². The van der Waals surface area contributed by atoms with E-state index in [2.05, 4.69) is 0 Å². The second-order valence-electron chi connectivity index (χ2n) is 5.52. The normalized spacial score (nSPS) is 11.0. The van der Waals surface area contributed by atoms with Gasteiger partial charge < -0.3 is 9.11 Å². The van der Waals surface area contributed by atoms with Crippen LogP contribution in [-0.4, -0.2) is 73.5 Å². The van der Waals surface area contributed by atoms with Crippen molar-refractivity contribution >= 4 is 92.6 Å². The maximum atomic E-state index is 10.6. The Morgan fingerprint density at radius 1 is 0.710 bits per heavy atom. The predicted molar refractivity (Wildman–Crippen MR) is 107 cm³/mol. The molecule has 0 bridgehead atoms. The van der Waals surface area contributed by atoms with Crippen molar-refractivity contribution < 1.29 is 35.8 Å². The van der Waals surface area contributed by atoms with Gasteiger partial charge in [0.2, 0.25) is 0 Å². The Morgan fingerprint density at radius 2 is 0.968 bits per heavy atom. The minimum Gasteiger partial charge on any atom is -0.744 e. The van der Waals surface area contributed by atoms with E-state index in [0.29, 0.717) is 12.1 Å². The third-order valence-electron chi connectivity index (χ3n) is 3.55. The van der Waals surface area contributed by atoms with Crippen molar-refractivity contribution in [3.05, 3.63) is 65.7 Å². The van der Waals surface area contributed by atoms with Crippen LogP contribution in [0.25, 0.3) is 0 Å². The van der Waals surface area contributed by atoms with Crippen LogP contribution in [0, 0.1) is 34.1 Å². The Kier molecular flexibility index (Phi) is 10.8. The number of benzene rings is 2. The average molecular weight is 541 g/mol. The summed E-state index contributed by atoms with van der Waals surface area (Å²) in [6.45, 7) is 2.73. The molecule has 0 aliphatic rings. The average Bonchev–Trinajstić information content (AvgIpc) is 2.57. The molecule has 0 unspecified atom stereocenters. The molecule has 2 aromatic rings. The van der Waals surface area contributed by atoms with Crippen LogP contribution in [-0.2, 0) is 20.2 Å². The first kappa shape index (κ1) is 29.9. The Morgan fingerprint density at radius 3 is 1.16 bits per heavy atom. The molecule has 12 nitrogen and oxygen atoms in total. The van der Waals surface area contributed by atoms with Crippen molar-refractivity contribution in [2.24, 2.45) is 0 Å². The van der Waals surface area contributed by atoms with E-state index in [1.165, 1.54) is 13.8 Å². The molecular formula is C14H10CaCl2N2O10S2. The van der Waals surface area contributed by atoms with E-state index < -0.39 is 51.2 Å². The van der Waals surface area contributed by atoms with Gasteiger partial charge in [-0.15, -0.1) is 0 Å². The first-order valence-corrected chi connectivity index (χ1v) is 10.8. The van der Waals surface area contributed by atoms with Crippen molar-refractivity contribution in [3.8, 4) is 0 Å². The fraction of sp³-hybridized carbons (Fsp3) is 0.143. The van der Waals surface area contributed by atoms with Crippen LogP contribution in [0.5, 0.6) is 0 Å². The topological polar surface area (TPSA) is 201 Å². The van der Waals surface area contributed by atoms with Gasteiger partial charge in [0.15, 0.2) is 0 Å². The van der Waals surface area contributed by atoms with E-state index in [9.17, 15) is 46.2 Å². The van der Waals surface area contributed by atoms with E-state index in [1.807, 2.05) is 0 Å². The van der Waals surface area contributed by atoms with E-state index in [0.717, 1.165) is 12.1 Å². The summed E-state index contributed by atoms with van der Waals surface area (Å²) in [4.78, 5) is 18.0. The maximum Gasteiger partial charge on any atom is 2.00 e. The van der Waals surface area contributed by atoms with Crippen LogP contribution in [0.3, 0.4) is 0 Å². The zero-order chi connectivity index (χ0) is 23.6. The van der Waals surface area contributed by atoms with Gasteiger partial charge in [0.25, 0.3) is 11.4 Å². The van der Waals surface area contributed by atoms with Crippen molar-refractivity contribution in [2.45, 2.75) is 23.6 Å². The van der Waals surface area contributed by atoms with Gasteiger partial charge in [0.1, 0.15) is 20.2 Å². The number of hydrogen-bond donors (Lipinski definition) is 0. The summed E-state index contributed by atoms with van der Waals surface area (Å²) in [5.74, 6) is 0. The molecule has 0 spiro atoms. The summed E-state index contributed by atoms with van der Waals surface area (Å²) in [6.07, 6.45) is 0. The van der Waals surface area contributed by atoms with Gasteiger partial charge in [-0.2, -0.15) is 0 Å². The molecule has 0 aliphatic heterocycles. The van der Waals surface area contributed by atoms with Crippen molar-refractivity contribution in [1.82, 2.24) is 0 Å². The number of halogens is 2. The number of nitro groups is 2. The molecule has 0 aliphatic carbocycles. The van der Waals surface area contributed by atoms with Gasteiger partial charge in [0, 0.05) is 23.3 Å². The van der Waals surface area contributed by atoms with Crippen LogP contribution in [0.1, 0.15) is 11.1 Å². The zero-order valence-electron chi connectivity index (χ0n) is 15.6. The molecule has 0 saturated carbocycles. The smallest absolute Gasteiger partial charge is 0.744 e. The largest absolute Gasteiger partial charge is 2.00 e. The molecule has 31 heavy (non-hydrogen) atoms. The van der Waals surface area contributed by atoms with E-state index in [1.54, 1.807) is 0 Å². The summed E-state index contributed by atoms with van der Waals surface area (Å²) < 4.78 is 63.8. The minimum absolute atomic E-state index is 0. The molecule has 0 atom stereocenters. The SMILES string of the molecule is Cc1c(Cl)cc(S(=O)(=O)[O-])cc1[N+](=O)[O-].Cc1c(Cl)cc(S(=O)(=O)[O-])cc1[N+](=O)[O-].[Ca+2]. The molecule has 17 heteroatoms. The zero-order valence-corrected chi connectivity index (χ0v) is 20.9. The molecule has 0 aromatic heterocycles. The van der Waals surface area contributed by atoms with Crippen LogP contribution < -0.4 is 0 Å². The van der Waals surface area contributed by atoms with E-state index >= 15 is 0 Å². The Balaban J connectivity index is 0.000000562. The van der Waals surface area contributed by atoms with E-state index in [4.69, 9.17) is 23.2 Å². The van der Waals surface area contributed by atoms with Crippen LogP contribution in [0.2, 0.25) is 10.0 Å². The Labute approximate surface area is 216 Å². The van der Waals surface area contributed by atoms with Crippen LogP contribution in [0.15, 0.2) is 34.1 Å². The first-order chi connectivity index (χ1) is 13.5. The summed E-state index contributed by atoms with van der Waals surface area (Å²) in [5.41, 5.74) is -0.739. The quantitative estimate of drug-likeness (QED) is 0.240. The van der Waals surface area contributed by atoms with Crippen molar-refractivity contribution in [3.63, 3.8) is 0 Å². The molecule has 2 rings (SSSR count). The number of hydrogen-bond acceptors (Lipinski definition) is 10. The molecule has 2 aromatic carbocycles. The Bertz CT molecular complexity index is 1150. The van der Waals surface area contributed by atoms with E-state index in [-0.39, 0.29) is 58.9 Å². The molecule has 0 N–H and O–H groups in total. The Hall–Kier alpha value is -1.10. The second kappa shape index (κ2) is 11.2. The standard InChI is InChI=1S/2C7H6ClNO5S.Ca/c2*1-4-6(8)2-5(15(12,13)14)3-7(4)9(10)11;/h2*2-3H,1H3,(H,12,13,14);/q;;+2/p-2. The molecular weight excluding hydrogens is 531 g/mol. The molecule has 0 heterocycles. The second-order valence-corrected chi connectivity index (χ2v) is 9.09. The summed E-state index contributed by atoms with van der Waals surface area (Å²) >= 11 is 11.1. The van der Waals surface area contributed by atoms with Crippen LogP contribution >= 0.6 is 23.2 Å². The molecule has 0 fully saturated rings. The number of nitro benzene ring substituents is 2. The van der Waals surface area contributed by atoms with Crippen LogP contribution in [0.4, 0.5) is 11.4 Å². The van der Waals surface area contributed by atoms with Gasteiger partial charge in [-0.3, -0.25) is 20.2 Å². The number of nitrogens with zero attached hydrogens (tertiary/aromatic N) is 2. The summed E-state index contributed by atoms with van der Waals surface area (Å²) in [7, 11) is -9.47. The summed E-state index contributed by atoms with van der Waals surface area (Å²) in [6, 6.07) is 3.19. The number of rotatable bonds is 4. The third kappa shape index (κ3) is 8.07. The van der Waals surface area contributed by atoms with Gasteiger partial charge in [-0.25, -0.2) is 16.8 Å².